The summed E-state index contributed by atoms with van der Waals surface area (Å²) in [6.45, 7) is 7.71. The molecule has 0 aromatic carbocycles. The molecule has 1 fully saturated rings. The largest absolute Gasteiger partial charge is 0.369 e. The number of hydrogen-bond donors (Lipinski definition) is 1. The van der Waals surface area contributed by atoms with Gasteiger partial charge in [0.05, 0.1) is 0 Å². The second-order valence-electron chi connectivity index (χ2n) is 4.74. The molecule has 1 amide bonds. The minimum absolute atomic E-state index is 0.141. The molecular weight excluding hydrogens is 322 g/mol. The molecule has 6 nitrogen and oxygen atoms in total. The van der Waals surface area contributed by atoms with Crippen molar-refractivity contribution in [3.63, 3.8) is 0 Å². The van der Waals surface area contributed by atoms with Gasteiger partial charge >= 0.3 is 0 Å². The predicted molar refractivity (Wildman–Crippen MR) is 83.0 cm³/mol. The highest BCUT2D eigenvalue weighted by Gasteiger charge is 2.20. The Balaban J connectivity index is 2.15. The summed E-state index contributed by atoms with van der Waals surface area (Å²) in [5.74, 6) is 1.84. The lowest BCUT2D eigenvalue weighted by molar-refractivity contribution is -0.128. The maximum absolute atomic E-state index is 11.5. The summed E-state index contributed by atoms with van der Waals surface area (Å²) in [6, 6.07) is 0. The van der Waals surface area contributed by atoms with E-state index in [1.807, 2.05) is 11.8 Å². The van der Waals surface area contributed by atoms with Gasteiger partial charge < -0.3 is 15.1 Å². The highest BCUT2D eigenvalue weighted by Crippen LogP contribution is 2.29. The van der Waals surface area contributed by atoms with Gasteiger partial charge in [-0.3, -0.25) is 4.79 Å². The molecule has 1 aliphatic heterocycles. The quantitative estimate of drug-likeness (QED) is 0.907. The van der Waals surface area contributed by atoms with Gasteiger partial charge in [-0.25, -0.2) is 9.97 Å². The van der Waals surface area contributed by atoms with E-state index in [0.717, 1.165) is 55.3 Å². The predicted octanol–water partition coefficient (Wildman–Crippen LogP) is 1.73. The molecule has 1 aliphatic rings. The monoisotopic (exact) mass is 341 g/mol. The summed E-state index contributed by atoms with van der Waals surface area (Å²) in [5, 5.41) is 3.21. The van der Waals surface area contributed by atoms with E-state index in [1.54, 1.807) is 13.3 Å². The highest BCUT2D eigenvalue weighted by molar-refractivity contribution is 9.10. The fourth-order valence-corrected chi connectivity index (χ4v) is 2.91. The normalized spacial score (nSPS) is 15.9. The maximum Gasteiger partial charge on any atom is 0.219 e. The average molecular weight is 342 g/mol. The number of nitrogens with zero attached hydrogens (tertiary/aromatic N) is 4. The summed E-state index contributed by atoms with van der Waals surface area (Å²) in [5.41, 5.74) is 0. The lowest BCUT2D eigenvalue weighted by atomic mass is 10.3. The SMILES string of the molecule is CCNc1ncnc(N2CCCN(C(C)=O)CC2)c1Br. The number of carbonyl (C=O) groups excluding carboxylic acids is 1. The van der Waals surface area contributed by atoms with Crippen LogP contribution in [-0.4, -0.2) is 53.5 Å². The lowest BCUT2D eigenvalue weighted by Gasteiger charge is -2.23. The molecule has 2 rings (SSSR count). The number of rotatable bonds is 3. The van der Waals surface area contributed by atoms with Gasteiger partial charge in [-0.1, -0.05) is 0 Å². The first-order valence-electron chi connectivity index (χ1n) is 6.88. The van der Waals surface area contributed by atoms with Crippen molar-refractivity contribution in [1.82, 2.24) is 14.9 Å². The molecule has 1 aromatic heterocycles. The molecule has 0 radical (unpaired) electrons. The highest BCUT2D eigenvalue weighted by atomic mass is 79.9. The molecule has 0 saturated carbocycles. The lowest BCUT2D eigenvalue weighted by Crippen LogP contribution is -2.34. The Kier molecular flexibility index (Phi) is 5.17. The second-order valence-corrected chi connectivity index (χ2v) is 5.53. The summed E-state index contributed by atoms with van der Waals surface area (Å²) >= 11 is 3.58. The van der Waals surface area contributed by atoms with E-state index in [-0.39, 0.29) is 5.91 Å². The zero-order chi connectivity index (χ0) is 14.5. The molecule has 1 saturated heterocycles. The minimum Gasteiger partial charge on any atom is -0.369 e. The minimum atomic E-state index is 0.141. The van der Waals surface area contributed by atoms with Crippen molar-refractivity contribution in [3.05, 3.63) is 10.8 Å². The maximum atomic E-state index is 11.5. The van der Waals surface area contributed by atoms with Crippen LogP contribution >= 0.6 is 15.9 Å². The van der Waals surface area contributed by atoms with Crippen molar-refractivity contribution in [2.75, 3.05) is 42.9 Å². The fraction of sp³-hybridized carbons (Fsp3) is 0.615. The molecule has 7 heteroatoms. The van der Waals surface area contributed by atoms with Crippen LogP contribution in [0.3, 0.4) is 0 Å². The van der Waals surface area contributed by atoms with Crippen LogP contribution in [0.1, 0.15) is 20.3 Å². The van der Waals surface area contributed by atoms with Gasteiger partial charge in [0, 0.05) is 39.6 Å². The Morgan fingerprint density at radius 2 is 2.15 bits per heavy atom. The smallest absolute Gasteiger partial charge is 0.219 e. The Hall–Kier alpha value is -1.37. The van der Waals surface area contributed by atoms with Crippen molar-refractivity contribution in [2.24, 2.45) is 0 Å². The van der Waals surface area contributed by atoms with Crippen LogP contribution in [0.15, 0.2) is 10.8 Å². The molecule has 2 heterocycles. The van der Waals surface area contributed by atoms with Crippen LogP contribution in [0, 0.1) is 0 Å². The Bertz CT molecular complexity index is 482. The number of halogens is 1. The molecular formula is C13H20BrN5O. The summed E-state index contributed by atoms with van der Waals surface area (Å²) < 4.78 is 0.887. The van der Waals surface area contributed by atoms with Crippen LogP contribution in [0.2, 0.25) is 0 Å². The van der Waals surface area contributed by atoms with Gasteiger partial charge in [0.2, 0.25) is 5.91 Å². The van der Waals surface area contributed by atoms with Crippen molar-refractivity contribution in [3.8, 4) is 0 Å². The van der Waals surface area contributed by atoms with Crippen molar-refractivity contribution in [1.29, 1.82) is 0 Å². The zero-order valence-corrected chi connectivity index (χ0v) is 13.5. The first kappa shape index (κ1) is 15.0. The zero-order valence-electron chi connectivity index (χ0n) is 11.9. The van der Waals surface area contributed by atoms with Crippen LogP contribution in [0.25, 0.3) is 0 Å². The molecule has 1 N–H and O–H groups in total. The van der Waals surface area contributed by atoms with Gasteiger partial charge in [0.1, 0.15) is 22.4 Å². The number of aromatic nitrogens is 2. The Morgan fingerprint density at radius 3 is 2.85 bits per heavy atom. The van der Waals surface area contributed by atoms with Crippen LogP contribution in [-0.2, 0) is 4.79 Å². The van der Waals surface area contributed by atoms with Gasteiger partial charge in [-0.2, -0.15) is 0 Å². The summed E-state index contributed by atoms with van der Waals surface area (Å²) in [4.78, 5) is 24.2. The van der Waals surface area contributed by atoms with Crippen LogP contribution in [0.4, 0.5) is 11.6 Å². The average Bonchev–Trinajstić information content (AvgIpc) is 2.67. The third-order valence-electron chi connectivity index (χ3n) is 3.36. The standard InChI is InChI=1S/C13H20BrN5O/c1-3-15-12-11(14)13(17-9-16-12)19-6-4-5-18(7-8-19)10(2)20/h9H,3-8H2,1-2H3,(H,15,16,17). The number of hydrogen-bond acceptors (Lipinski definition) is 5. The summed E-state index contributed by atoms with van der Waals surface area (Å²) in [6.07, 6.45) is 2.53. The number of carbonyl (C=O) groups is 1. The van der Waals surface area contributed by atoms with E-state index in [4.69, 9.17) is 0 Å². The molecule has 1 aromatic rings. The van der Waals surface area contributed by atoms with Gasteiger partial charge in [-0.15, -0.1) is 0 Å². The van der Waals surface area contributed by atoms with Gasteiger partial charge in [0.25, 0.3) is 0 Å². The third-order valence-corrected chi connectivity index (χ3v) is 4.09. The second kappa shape index (κ2) is 6.88. The number of amides is 1. The van der Waals surface area contributed by atoms with E-state index in [2.05, 4.69) is 36.1 Å². The molecule has 0 atom stereocenters. The first-order chi connectivity index (χ1) is 9.63. The van der Waals surface area contributed by atoms with Crippen molar-refractivity contribution >= 4 is 33.5 Å². The number of anilines is 2. The van der Waals surface area contributed by atoms with Crippen LogP contribution < -0.4 is 10.2 Å². The van der Waals surface area contributed by atoms with E-state index >= 15 is 0 Å². The third kappa shape index (κ3) is 3.39. The van der Waals surface area contributed by atoms with E-state index in [0.29, 0.717) is 0 Å². The molecule has 0 spiro atoms. The Labute approximate surface area is 127 Å². The topological polar surface area (TPSA) is 61.4 Å². The molecule has 0 bridgehead atoms. The molecule has 20 heavy (non-hydrogen) atoms. The fourth-order valence-electron chi connectivity index (χ4n) is 2.32. The van der Waals surface area contributed by atoms with E-state index < -0.39 is 0 Å². The van der Waals surface area contributed by atoms with Gasteiger partial charge in [0.15, 0.2) is 0 Å². The summed E-state index contributed by atoms with van der Waals surface area (Å²) in [7, 11) is 0. The molecule has 110 valence electrons. The van der Waals surface area contributed by atoms with E-state index in [1.165, 1.54) is 0 Å². The van der Waals surface area contributed by atoms with Crippen molar-refractivity contribution < 1.29 is 4.79 Å². The Morgan fingerprint density at radius 1 is 1.35 bits per heavy atom. The first-order valence-corrected chi connectivity index (χ1v) is 7.67. The van der Waals surface area contributed by atoms with Gasteiger partial charge in [-0.05, 0) is 29.3 Å². The van der Waals surface area contributed by atoms with E-state index in [9.17, 15) is 4.79 Å². The van der Waals surface area contributed by atoms with Crippen molar-refractivity contribution in [2.45, 2.75) is 20.3 Å². The molecule has 0 unspecified atom stereocenters. The molecule has 0 aliphatic carbocycles. The van der Waals surface area contributed by atoms with Crippen LogP contribution in [0.5, 0.6) is 0 Å². The number of nitrogens with one attached hydrogen (secondary N) is 1.